The minimum atomic E-state index is -0.141. The maximum atomic E-state index is 13.3. The second-order valence-corrected chi connectivity index (χ2v) is 6.53. The largest absolute Gasteiger partial charge is 0.316 e. The number of hydrogen-bond acceptors (Lipinski definition) is 2. The van der Waals surface area contributed by atoms with Gasteiger partial charge in [0.2, 0.25) is 0 Å². The van der Waals surface area contributed by atoms with Crippen LogP contribution in [0.2, 0.25) is 0 Å². The van der Waals surface area contributed by atoms with Crippen molar-refractivity contribution in [1.29, 1.82) is 0 Å². The average Bonchev–Trinajstić information content (AvgIpc) is 2.93. The van der Waals surface area contributed by atoms with E-state index in [4.69, 9.17) is 0 Å². The minimum absolute atomic E-state index is 0.141. The lowest BCUT2D eigenvalue weighted by Gasteiger charge is -2.30. The molecule has 0 saturated heterocycles. The first-order valence-electron chi connectivity index (χ1n) is 7.26. The van der Waals surface area contributed by atoms with Crippen molar-refractivity contribution in [3.05, 3.63) is 57.5 Å². The van der Waals surface area contributed by atoms with Gasteiger partial charge >= 0.3 is 0 Å². The number of likely N-dealkylation sites (N-methyl/N-ethyl adjacent to an activating group) is 1. The Morgan fingerprint density at radius 2 is 2.30 bits per heavy atom. The van der Waals surface area contributed by atoms with Crippen LogP contribution in [0.3, 0.4) is 0 Å². The number of nitrogens with one attached hydrogen (secondary N) is 1. The summed E-state index contributed by atoms with van der Waals surface area (Å²) in [7, 11) is 2.02. The molecule has 0 aliphatic heterocycles. The third kappa shape index (κ3) is 2.79. The van der Waals surface area contributed by atoms with Crippen molar-refractivity contribution in [2.75, 3.05) is 7.05 Å². The molecule has 1 heterocycles. The number of hydrogen-bond donors (Lipinski definition) is 1. The molecule has 2 unspecified atom stereocenters. The molecule has 1 N–H and O–H groups in total. The van der Waals surface area contributed by atoms with E-state index in [1.165, 1.54) is 30.9 Å². The van der Waals surface area contributed by atoms with Crippen LogP contribution < -0.4 is 5.32 Å². The lowest BCUT2D eigenvalue weighted by atomic mass is 9.80. The Morgan fingerprint density at radius 1 is 1.40 bits per heavy atom. The van der Waals surface area contributed by atoms with Gasteiger partial charge in [-0.05, 0) is 67.4 Å². The zero-order valence-corrected chi connectivity index (χ0v) is 12.5. The second kappa shape index (κ2) is 6.06. The molecule has 106 valence electrons. The number of halogens is 1. The molecular weight excluding hydrogens is 269 g/mol. The highest BCUT2D eigenvalue weighted by atomic mass is 32.1. The predicted octanol–water partition coefficient (Wildman–Crippen LogP) is 4.14. The van der Waals surface area contributed by atoms with Crippen LogP contribution in [0.5, 0.6) is 0 Å². The lowest BCUT2D eigenvalue weighted by Crippen LogP contribution is -2.35. The predicted molar refractivity (Wildman–Crippen MR) is 82.9 cm³/mol. The molecule has 1 nitrogen and oxygen atoms in total. The van der Waals surface area contributed by atoms with Gasteiger partial charge in [0.15, 0.2) is 0 Å². The van der Waals surface area contributed by atoms with E-state index >= 15 is 0 Å². The molecule has 1 aliphatic carbocycles. The van der Waals surface area contributed by atoms with Crippen molar-refractivity contribution >= 4 is 11.3 Å². The Morgan fingerprint density at radius 3 is 3.10 bits per heavy atom. The highest BCUT2D eigenvalue weighted by molar-refractivity contribution is 7.10. The summed E-state index contributed by atoms with van der Waals surface area (Å²) in [6.07, 6.45) is 4.60. The van der Waals surface area contributed by atoms with Crippen LogP contribution in [0.15, 0.2) is 35.7 Å². The smallest absolute Gasteiger partial charge is 0.123 e. The average molecular weight is 289 g/mol. The van der Waals surface area contributed by atoms with E-state index in [1.807, 2.05) is 24.5 Å². The fourth-order valence-corrected chi connectivity index (χ4v) is 4.30. The van der Waals surface area contributed by atoms with Gasteiger partial charge in [0, 0.05) is 16.8 Å². The van der Waals surface area contributed by atoms with Crippen LogP contribution in [0.4, 0.5) is 4.39 Å². The molecule has 0 saturated carbocycles. The highest BCUT2D eigenvalue weighted by Gasteiger charge is 2.27. The summed E-state index contributed by atoms with van der Waals surface area (Å²) in [5, 5.41) is 5.66. The van der Waals surface area contributed by atoms with E-state index in [0.29, 0.717) is 12.0 Å². The molecule has 1 aliphatic rings. The zero-order chi connectivity index (χ0) is 13.9. The molecule has 1 aromatic heterocycles. The third-order valence-corrected chi connectivity index (χ3v) is 5.30. The number of rotatable bonds is 4. The minimum Gasteiger partial charge on any atom is -0.316 e. The normalized spacial score (nSPS) is 19.6. The van der Waals surface area contributed by atoms with Crippen LogP contribution in [0, 0.1) is 5.82 Å². The van der Waals surface area contributed by atoms with E-state index in [1.54, 1.807) is 17.0 Å². The number of aryl methyl sites for hydroxylation is 1. The summed E-state index contributed by atoms with van der Waals surface area (Å²) in [6.45, 7) is 0. The standard InChI is InChI=1S/C17H20FNS/c1-19-16(11-12-4-2-5-13(18)10-12)14-6-3-7-17-15(14)8-9-20-17/h2,4-5,8-10,14,16,19H,3,6-7,11H2,1H3. The molecule has 20 heavy (non-hydrogen) atoms. The molecule has 2 atom stereocenters. The molecule has 1 aromatic carbocycles. The Labute approximate surface area is 123 Å². The van der Waals surface area contributed by atoms with Crippen LogP contribution in [0.1, 0.15) is 34.8 Å². The van der Waals surface area contributed by atoms with Crippen molar-refractivity contribution in [2.24, 2.45) is 0 Å². The summed E-state index contributed by atoms with van der Waals surface area (Å²) in [5.41, 5.74) is 2.59. The fourth-order valence-electron chi connectivity index (χ4n) is 3.30. The SMILES string of the molecule is CNC(Cc1cccc(F)c1)C1CCCc2sccc21. The first-order valence-corrected chi connectivity index (χ1v) is 8.14. The van der Waals surface area contributed by atoms with Gasteiger partial charge in [-0.25, -0.2) is 4.39 Å². The quantitative estimate of drug-likeness (QED) is 0.892. The Kier molecular flexibility index (Phi) is 4.18. The van der Waals surface area contributed by atoms with Crippen LogP contribution in [0.25, 0.3) is 0 Å². The van der Waals surface area contributed by atoms with Gasteiger partial charge in [0.25, 0.3) is 0 Å². The molecule has 3 heteroatoms. The van der Waals surface area contributed by atoms with Crippen molar-refractivity contribution in [1.82, 2.24) is 5.32 Å². The van der Waals surface area contributed by atoms with Crippen molar-refractivity contribution in [3.63, 3.8) is 0 Å². The van der Waals surface area contributed by atoms with Crippen molar-refractivity contribution < 1.29 is 4.39 Å². The Balaban J connectivity index is 1.81. The summed E-state index contributed by atoms with van der Waals surface area (Å²) in [4.78, 5) is 1.54. The van der Waals surface area contributed by atoms with E-state index in [0.717, 1.165) is 12.0 Å². The highest BCUT2D eigenvalue weighted by Crippen LogP contribution is 2.37. The van der Waals surface area contributed by atoms with Crippen LogP contribution >= 0.6 is 11.3 Å². The molecule has 3 rings (SSSR count). The topological polar surface area (TPSA) is 12.0 Å². The molecule has 0 bridgehead atoms. The summed E-state index contributed by atoms with van der Waals surface area (Å²) < 4.78 is 13.3. The van der Waals surface area contributed by atoms with E-state index in [-0.39, 0.29) is 5.82 Å². The zero-order valence-electron chi connectivity index (χ0n) is 11.7. The summed E-state index contributed by atoms with van der Waals surface area (Å²) in [5.74, 6) is 0.412. The van der Waals surface area contributed by atoms with Gasteiger partial charge in [0.05, 0.1) is 0 Å². The molecular formula is C17H20FNS. The number of fused-ring (bicyclic) bond motifs is 1. The molecule has 2 aromatic rings. The molecule has 0 radical (unpaired) electrons. The van der Waals surface area contributed by atoms with Gasteiger partial charge in [-0.1, -0.05) is 12.1 Å². The van der Waals surface area contributed by atoms with E-state index in [2.05, 4.69) is 16.8 Å². The van der Waals surface area contributed by atoms with Crippen molar-refractivity contribution in [2.45, 2.75) is 37.6 Å². The van der Waals surface area contributed by atoms with Crippen molar-refractivity contribution in [3.8, 4) is 0 Å². The molecule has 0 amide bonds. The van der Waals surface area contributed by atoms with Gasteiger partial charge in [-0.15, -0.1) is 11.3 Å². The maximum absolute atomic E-state index is 13.3. The van der Waals surface area contributed by atoms with Gasteiger partial charge in [0.1, 0.15) is 5.82 Å². The Bertz CT molecular complexity index is 578. The first-order chi connectivity index (χ1) is 9.78. The molecule has 0 spiro atoms. The Hall–Kier alpha value is -1.19. The lowest BCUT2D eigenvalue weighted by molar-refractivity contribution is 0.413. The number of benzene rings is 1. The summed E-state index contributed by atoms with van der Waals surface area (Å²) >= 11 is 1.88. The van der Waals surface area contributed by atoms with E-state index in [9.17, 15) is 4.39 Å². The van der Waals surface area contributed by atoms with E-state index < -0.39 is 0 Å². The monoisotopic (exact) mass is 289 g/mol. The first kappa shape index (κ1) is 13.8. The fraction of sp³-hybridized carbons (Fsp3) is 0.412. The third-order valence-electron chi connectivity index (χ3n) is 4.30. The van der Waals surface area contributed by atoms with Gasteiger partial charge in [-0.3, -0.25) is 0 Å². The molecule has 0 fully saturated rings. The van der Waals surface area contributed by atoms with Crippen LogP contribution in [-0.2, 0) is 12.8 Å². The maximum Gasteiger partial charge on any atom is 0.123 e. The van der Waals surface area contributed by atoms with Crippen LogP contribution in [-0.4, -0.2) is 13.1 Å². The van der Waals surface area contributed by atoms with Gasteiger partial charge < -0.3 is 5.32 Å². The van der Waals surface area contributed by atoms with Gasteiger partial charge in [-0.2, -0.15) is 0 Å². The second-order valence-electron chi connectivity index (χ2n) is 5.53. The summed E-state index contributed by atoms with van der Waals surface area (Å²) in [6, 6.07) is 9.64. The number of thiophene rings is 1.